The second-order valence-electron chi connectivity index (χ2n) is 9.76. The molecule has 0 atom stereocenters. The SMILES string of the molecule is CC(C)n1c(=O)c2cnc(Nc3ccc4c(c3)CNCC4)nc2n1-c1ccc(F)c(C(C)(C)C#N)n1. The summed E-state index contributed by atoms with van der Waals surface area (Å²) in [7, 11) is 0. The zero-order chi connectivity index (χ0) is 25.6. The Morgan fingerprint density at radius 1 is 1.19 bits per heavy atom. The average Bonchev–Trinajstić information content (AvgIpc) is 3.16. The van der Waals surface area contributed by atoms with E-state index in [2.05, 4.69) is 43.8 Å². The zero-order valence-electron chi connectivity index (χ0n) is 20.6. The van der Waals surface area contributed by atoms with E-state index in [0.29, 0.717) is 22.8 Å². The van der Waals surface area contributed by atoms with Crippen molar-refractivity contribution in [2.45, 2.75) is 52.1 Å². The van der Waals surface area contributed by atoms with Crippen molar-refractivity contribution >= 4 is 22.7 Å². The molecule has 0 bridgehead atoms. The van der Waals surface area contributed by atoms with Gasteiger partial charge in [-0.2, -0.15) is 10.2 Å². The largest absolute Gasteiger partial charge is 0.324 e. The number of nitrogens with zero attached hydrogens (tertiary/aromatic N) is 6. The van der Waals surface area contributed by atoms with Crippen LogP contribution in [-0.4, -0.2) is 30.9 Å². The van der Waals surface area contributed by atoms with Crippen molar-refractivity contribution < 1.29 is 4.39 Å². The lowest BCUT2D eigenvalue weighted by Gasteiger charge is -2.19. The summed E-state index contributed by atoms with van der Waals surface area (Å²) in [6.45, 7) is 8.71. The van der Waals surface area contributed by atoms with Crippen LogP contribution in [0, 0.1) is 17.1 Å². The van der Waals surface area contributed by atoms with E-state index in [1.54, 1.807) is 18.5 Å². The van der Waals surface area contributed by atoms with Gasteiger partial charge in [-0.1, -0.05) is 6.07 Å². The summed E-state index contributed by atoms with van der Waals surface area (Å²) in [5.74, 6) is 0.0275. The van der Waals surface area contributed by atoms with E-state index in [0.717, 1.165) is 25.2 Å². The lowest BCUT2D eigenvalue weighted by Crippen LogP contribution is -2.26. The van der Waals surface area contributed by atoms with Gasteiger partial charge in [-0.05, 0) is 76.1 Å². The Balaban J connectivity index is 1.65. The Bertz CT molecular complexity index is 1580. The maximum atomic E-state index is 14.6. The maximum Gasteiger partial charge on any atom is 0.278 e. The number of hydrogen-bond acceptors (Lipinski definition) is 7. The molecule has 4 heterocycles. The Labute approximate surface area is 207 Å². The number of pyridine rings is 1. The summed E-state index contributed by atoms with van der Waals surface area (Å²) < 4.78 is 17.7. The van der Waals surface area contributed by atoms with Gasteiger partial charge in [-0.25, -0.2) is 23.7 Å². The molecule has 0 saturated carbocycles. The minimum Gasteiger partial charge on any atom is -0.324 e. The molecule has 2 N–H and O–H groups in total. The van der Waals surface area contributed by atoms with Gasteiger partial charge in [0.25, 0.3) is 5.56 Å². The van der Waals surface area contributed by atoms with Gasteiger partial charge in [0.2, 0.25) is 5.95 Å². The van der Waals surface area contributed by atoms with Gasteiger partial charge in [-0.15, -0.1) is 0 Å². The predicted molar refractivity (Wildman–Crippen MR) is 135 cm³/mol. The third-order valence-electron chi connectivity index (χ3n) is 6.38. The average molecular weight is 487 g/mol. The molecule has 0 saturated heterocycles. The molecule has 3 aromatic heterocycles. The fourth-order valence-electron chi connectivity index (χ4n) is 4.47. The predicted octanol–water partition coefficient (Wildman–Crippen LogP) is 3.89. The quantitative estimate of drug-likeness (QED) is 0.440. The van der Waals surface area contributed by atoms with Crippen molar-refractivity contribution in [1.82, 2.24) is 29.6 Å². The molecular weight excluding hydrogens is 459 g/mol. The molecule has 1 aromatic carbocycles. The van der Waals surface area contributed by atoms with Gasteiger partial charge in [0, 0.05) is 24.5 Å². The Morgan fingerprint density at radius 2 is 2.00 bits per heavy atom. The molecule has 0 spiro atoms. The Morgan fingerprint density at radius 3 is 2.75 bits per heavy atom. The van der Waals surface area contributed by atoms with Gasteiger partial charge in [0.15, 0.2) is 11.5 Å². The molecule has 0 fully saturated rings. The zero-order valence-corrected chi connectivity index (χ0v) is 20.6. The van der Waals surface area contributed by atoms with Crippen LogP contribution in [0.1, 0.15) is 50.6 Å². The van der Waals surface area contributed by atoms with Gasteiger partial charge < -0.3 is 10.6 Å². The van der Waals surface area contributed by atoms with Gasteiger partial charge >= 0.3 is 0 Å². The first-order valence-corrected chi connectivity index (χ1v) is 11.9. The first kappa shape index (κ1) is 23.6. The summed E-state index contributed by atoms with van der Waals surface area (Å²) in [4.78, 5) is 26.8. The van der Waals surface area contributed by atoms with E-state index in [4.69, 9.17) is 0 Å². The molecule has 0 aliphatic carbocycles. The molecule has 1 aliphatic heterocycles. The number of nitrogens with one attached hydrogen (secondary N) is 2. The van der Waals surface area contributed by atoms with Gasteiger partial charge in [0.05, 0.1) is 17.2 Å². The molecule has 184 valence electrons. The van der Waals surface area contributed by atoms with E-state index >= 15 is 0 Å². The van der Waals surface area contributed by atoms with Crippen LogP contribution in [0.4, 0.5) is 16.0 Å². The maximum absolute atomic E-state index is 14.6. The number of aromatic nitrogens is 5. The number of anilines is 2. The van der Waals surface area contributed by atoms with Gasteiger partial charge in [0.1, 0.15) is 11.2 Å². The highest BCUT2D eigenvalue weighted by Gasteiger charge is 2.28. The number of fused-ring (bicyclic) bond motifs is 2. The molecule has 0 amide bonds. The third kappa shape index (κ3) is 4.01. The van der Waals surface area contributed by atoms with Crippen LogP contribution < -0.4 is 16.2 Å². The smallest absolute Gasteiger partial charge is 0.278 e. The standard InChI is InChI=1S/C26H27FN8O/c1-15(2)34-24(36)19-13-30-25(31-18-6-5-16-9-10-29-12-17(16)11-18)33-23(19)35(34)21-8-7-20(27)22(32-21)26(3,4)14-28/h5-8,11,13,15,29H,9-10,12H2,1-4H3,(H,30,31,33). The van der Waals surface area contributed by atoms with Crippen molar-refractivity contribution in [3.63, 3.8) is 0 Å². The van der Waals surface area contributed by atoms with Crippen LogP contribution in [0.3, 0.4) is 0 Å². The molecule has 1 aliphatic rings. The van der Waals surface area contributed by atoms with E-state index in [1.807, 2.05) is 19.9 Å². The van der Waals surface area contributed by atoms with Crippen molar-refractivity contribution in [3.05, 3.63) is 69.5 Å². The topological polar surface area (TPSA) is 113 Å². The normalized spacial score (nSPS) is 13.6. The minimum atomic E-state index is -1.16. The number of rotatable bonds is 5. The Hall–Kier alpha value is -4.10. The number of nitriles is 1. The van der Waals surface area contributed by atoms with E-state index in [9.17, 15) is 14.4 Å². The molecule has 9 nitrogen and oxygen atoms in total. The number of hydrogen-bond donors (Lipinski definition) is 2. The van der Waals surface area contributed by atoms with Crippen LogP contribution in [-0.2, 0) is 18.4 Å². The first-order chi connectivity index (χ1) is 17.2. The van der Waals surface area contributed by atoms with Gasteiger partial charge in [-0.3, -0.25) is 4.79 Å². The lowest BCUT2D eigenvalue weighted by atomic mass is 9.90. The summed E-state index contributed by atoms with van der Waals surface area (Å²) in [6.07, 6.45) is 2.48. The highest BCUT2D eigenvalue weighted by molar-refractivity contribution is 5.77. The van der Waals surface area contributed by atoms with Crippen molar-refractivity contribution in [2.75, 3.05) is 11.9 Å². The summed E-state index contributed by atoms with van der Waals surface area (Å²) in [6, 6.07) is 10.8. The highest BCUT2D eigenvalue weighted by atomic mass is 19.1. The second kappa shape index (κ2) is 8.84. The number of benzene rings is 1. The third-order valence-corrected chi connectivity index (χ3v) is 6.38. The lowest BCUT2D eigenvalue weighted by molar-refractivity contribution is 0.467. The molecule has 36 heavy (non-hydrogen) atoms. The molecule has 0 unspecified atom stereocenters. The monoisotopic (exact) mass is 486 g/mol. The molecular formula is C26H27FN8O. The fourth-order valence-corrected chi connectivity index (χ4v) is 4.47. The highest BCUT2D eigenvalue weighted by Crippen LogP contribution is 2.27. The minimum absolute atomic E-state index is 0.00202. The first-order valence-electron chi connectivity index (χ1n) is 11.9. The van der Waals surface area contributed by atoms with E-state index < -0.39 is 11.2 Å². The van der Waals surface area contributed by atoms with Crippen molar-refractivity contribution in [1.29, 1.82) is 5.26 Å². The fraction of sp³-hybridized carbons (Fsp3) is 0.346. The number of halogens is 1. The van der Waals surface area contributed by atoms with E-state index in [-0.39, 0.29) is 17.3 Å². The second-order valence-corrected chi connectivity index (χ2v) is 9.76. The van der Waals surface area contributed by atoms with Crippen molar-refractivity contribution in [2.24, 2.45) is 0 Å². The van der Waals surface area contributed by atoms with Crippen molar-refractivity contribution in [3.8, 4) is 11.9 Å². The summed E-state index contributed by atoms with van der Waals surface area (Å²) in [5.41, 5.74) is 2.28. The molecule has 0 radical (unpaired) electrons. The molecule has 4 aromatic rings. The summed E-state index contributed by atoms with van der Waals surface area (Å²) >= 11 is 0. The Kier molecular flexibility index (Phi) is 5.80. The van der Waals surface area contributed by atoms with Crippen LogP contribution in [0.15, 0.2) is 41.3 Å². The van der Waals surface area contributed by atoms with Crippen LogP contribution in [0.25, 0.3) is 16.9 Å². The molecule has 5 rings (SSSR count). The van der Waals surface area contributed by atoms with Crippen LogP contribution in [0.5, 0.6) is 0 Å². The molecule has 10 heteroatoms. The van der Waals surface area contributed by atoms with Crippen LogP contribution in [0.2, 0.25) is 0 Å². The summed E-state index contributed by atoms with van der Waals surface area (Å²) in [5, 5.41) is 16.5. The van der Waals surface area contributed by atoms with E-state index in [1.165, 1.54) is 34.1 Å². The van der Waals surface area contributed by atoms with Crippen LogP contribution >= 0.6 is 0 Å².